The number of aromatic nitrogens is 1. The van der Waals surface area contributed by atoms with Crippen LogP contribution in [-0.4, -0.2) is 34.5 Å². The highest BCUT2D eigenvalue weighted by Gasteiger charge is 2.06. The number of nitrogens with zero attached hydrogens (tertiary/aromatic N) is 1. The summed E-state index contributed by atoms with van der Waals surface area (Å²) in [6.45, 7) is 2.18. The van der Waals surface area contributed by atoms with Crippen molar-refractivity contribution in [3.05, 3.63) is 30.1 Å². The van der Waals surface area contributed by atoms with Crippen LogP contribution in [0.5, 0.6) is 0 Å². The minimum atomic E-state index is -0.695. The molecule has 4 nitrogen and oxygen atoms in total. The summed E-state index contributed by atoms with van der Waals surface area (Å²) < 4.78 is 0. The van der Waals surface area contributed by atoms with E-state index in [0.717, 1.165) is 5.56 Å². The molecule has 0 aliphatic carbocycles. The molecule has 0 radical (unpaired) electrons. The Morgan fingerprint density at radius 1 is 1.43 bits per heavy atom. The Balaban J connectivity index is 2.39. The molecule has 2 unspecified atom stereocenters. The van der Waals surface area contributed by atoms with Gasteiger partial charge in [-0.3, -0.25) is 4.98 Å². The number of pyridine rings is 1. The molecular weight excluding hydrogens is 180 g/mol. The molecule has 0 saturated heterocycles. The third-order valence-electron chi connectivity index (χ3n) is 2.08. The fourth-order valence-electron chi connectivity index (χ4n) is 1.15. The lowest BCUT2D eigenvalue weighted by Crippen LogP contribution is -2.31. The van der Waals surface area contributed by atoms with Crippen molar-refractivity contribution in [1.29, 1.82) is 0 Å². The second kappa shape index (κ2) is 5.70. The molecule has 1 aromatic heterocycles. The Kier molecular flexibility index (Phi) is 4.52. The minimum absolute atomic E-state index is 0.152. The molecule has 0 amide bonds. The van der Waals surface area contributed by atoms with Gasteiger partial charge in [0.25, 0.3) is 0 Å². The van der Waals surface area contributed by atoms with E-state index in [2.05, 4.69) is 10.3 Å². The average molecular weight is 196 g/mol. The van der Waals surface area contributed by atoms with Crippen LogP contribution in [0.1, 0.15) is 18.5 Å². The Bertz CT molecular complexity index is 254. The van der Waals surface area contributed by atoms with Crippen molar-refractivity contribution in [2.75, 3.05) is 13.2 Å². The molecule has 1 aromatic rings. The summed E-state index contributed by atoms with van der Waals surface area (Å²) >= 11 is 0. The average Bonchev–Trinajstić information content (AvgIpc) is 2.26. The summed E-state index contributed by atoms with van der Waals surface area (Å²) in [6.07, 6.45) is 2.77. The Morgan fingerprint density at radius 3 is 2.64 bits per heavy atom. The summed E-state index contributed by atoms with van der Waals surface area (Å²) in [4.78, 5) is 3.92. The molecule has 0 spiro atoms. The van der Waals surface area contributed by atoms with Crippen LogP contribution in [0.15, 0.2) is 24.5 Å². The Hall–Kier alpha value is -0.970. The molecule has 0 saturated carbocycles. The van der Waals surface area contributed by atoms with Crippen molar-refractivity contribution >= 4 is 0 Å². The van der Waals surface area contributed by atoms with E-state index in [0.29, 0.717) is 6.54 Å². The first-order valence-electron chi connectivity index (χ1n) is 4.66. The van der Waals surface area contributed by atoms with Gasteiger partial charge in [-0.15, -0.1) is 0 Å². The van der Waals surface area contributed by atoms with E-state index < -0.39 is 6.10 Å². The first kappa shape index (κ1) is 11.1. The summed E-state index contributed by atoms with van der Waals surface area (Å²) in [5, 5.41) is 20.9. The second-order valence-electron chi connectivity index (χ2n) is 3.25. The van der Waals surface area contributed by atoms with Gasteiger partial charge >= 0.3 is 0 Å². The molecule has 78 valence electrons. The first-order valence-corrected chi connectivity index (χ1v) is 4.66. The quantitative estimate of drug-likeness (QED) is 0.624. The fourth-order valence-corrected chi connectivity index (χ4v) is 1.15. The highest BCUT2D eigenvalue weighted by molar-refractivity contribution is 5.13. The molecule has 14 heavy (non-hydrogen) atoms. The predicted molar refractivity (Wildman–Crippen MR) is 53.7 cm³/mol. The zero-order valence-electron chi connectivity index (χ0n) is 8.22. The molecule has 2 atom stereocenters. The van der Waals surface area contributed by atoms with E-state index in [1.54, 1.807) is 12.4 Å². The molecule has 0 aliphatic heterocycles. The molecule has 0 bridgehead atoms. The number of aliphatic hydroxyl groups excluding tert-OH is 2. The van der Waals surface area contributed by atoms with Gasteiger partial charge in [0.2, 0.25) is 0 Å². The van der Waals surface area contributed by atoms with E-state index >= 15 is 0 Å². The van der Waals surface area contributed by atoms with Gasteiger partial charge in [0.1, 0.15) is 0 Å². The number of rotatable bonds is 5. The summed E-state index contributed by atoms with van der Waals surface area (Å²) in [7, 11) is 0. The van der Waals surface area contributed by atoms with Gasteiger partial charge in [-0.25, -0.2) is 0 Å². The smallest absolute Gasteiger partial charge is 0.0895 e. The maximum absolute atomic E-state index is 9.13. The van der Waals surface area contributed by atoms with Crippen molar-refractivity contribution in [3.63, 3.8) is 0 Å². The van der Waals surface area contributed by atoms with Crippen molar-refractivity contribution in [2.45, 2.75) is 19.1 Å². The molecule has 0 aliphatic rings. The molecule has 0 fully saturated rings. The summed E-state index contributed by atoms with van der Waals surface area (Å²) in [5.74, 6) is 0. The van der Waals surface area contributed by atoms with Crippen LogP contribution in [0.3, 0.4) is 0 Å². The van der Waals surface area contributed by atoms with Gasteiger partial charge in [0, 0.05) is 25.0 Å². The summed E-state index contributed by atoms with van der Waals surface area (Å²) in [6, 6.07) is 3.99. The molecule has 1 rings (SSSR count). The van der Waals surface area contributed by atoms with Crippen LogP contribution >= 0.6 is 0 Å². The van der Waals surface area contributed by atoms with Gasteiger partial charge in [0.05, 0.1) is 12.7 Å². The van der Waals surface area contributed by atoms with Crippen LogP contribution in [0.2, 0.25) is 0 Å². The maximum Gasteiger partial charge on any atom is 0.0895 e. The molecule has 1 heterocycles. The lowest BCUT2D eigenvalue weighted by Gasteiger charge is -2.15. The van der Waals surface area contributed by atoms with Crippen LogP contribution < -0.4 is 5.32 Å². The largest absolute Gasteiger partial charge is 0.394 e. The van der Waals surface area contributed by atoms with E-state index in [4.69, 9.17) is 10.2 Å². The molecule has 3 N–H and O–H groups in total. The number of hydrogen-bond acceptors (Lipinski definition) is 4. The van der Waals surface area contributed by atoms with Crippen LogP contribution in [-0.2, 0) is 0 Å². The second-order valence-corrected chi connectivity index (χ2v) is 3.25. The van der Waals surface area contributed by atoms with Gasteiger partial charge in [-0.2, -0.15) is 0 Å². The van der Waals surface area contributed by atoms with Gasteiger partial charge < -0.3 is 15.5 Å². The Morgan fingerprint density at radius 2 is 2.07 bits per heavy atom. The molecule has 0 aromatic carbocycles. The van der Waals surface area contributed by atoms with Crippen LogP contribution in [0, 0.1) is 0 Å². The predicted octanol–water partition coefficient (Wildman–Crippen LogP) is 0.0854. The zero-order chi connectivity index (χ0) is 10.4. The fraction of sp³-hybridized carbons (Fsp3) is 0.500. The van der Waals surface area contributed by atoms with Gasteiger partial charge in [-0.1, -0.05) is 0 Å². The topological polar surface area (TPSA) is 65.4 Å². The van der Waals surface area contributed by atoms with Gasteiger partial charge in [-0.05, 0) is 24.6 Å². The Labute approximate surface area is 83.6 Å². The number of aliphatic hydroxyl groups is 2. The lowest BCUT2D eigenvalue weighted by atomic mass is 10.1. The summed E-state index contributed by atoms with van der Waals surface area (Å²) in [5.41, 5.74) is 1.12. The zero-order valence-corrected chi connectivity index (χ0v) is 8.22. The lowest BCUT2D eigenvalue weighted by molar-refractivity contribution is 0.0924. The third-order valence-corrected chi connectivity index (χ3v) is 2.08. The van der Waals surface area contributed by atoms with Crippen molar-refractivity contribution in [1.82, 2.24) is 10.3 Å². The monoisotopic (exact) mass is 196 g/mol. The standard InChI is InChI=1S/C10H16N2O2/c1-8(12-6-10(14)7-13)9-2-4-11-5-3-9/h2-5,8,10,12-14H,6-7H2,1H3. The SMILES string of the molecule is CC(NCC(O)CO)c1ccncc1. The number of nitrogens with one attached hydrogen (secondary N) is 1. The van der Waals surface area contributed by atoms with Crippen LogP contribution in [0.25, 0.3) is 0 Å². The minimum Gasteiger partial charge on any atom is -0.394 e. The van der Waals surface area contributed by atoms with Crippen molar-refractivity contribution in [3.8, 4) is 0 Å². The first-order chi connectivity index (χ1) is 6.74. The maximum atomic E-state index is 9.13. The van der Waals surface area contributed by atoms with Crippen molar-refractivity contribution < 1.29 is 10.2 Å². The van der Waals surface area contributed by atoms with Gasteiger partial charge in [0.15, 0.2) is 0 Å². The number of hydrogen-bond donors (Lipinski definition) is 3. The van der Waals surface area contributed by atoms with Crippen LogP contribution in [0.4, 0.5) is 0 Å². The van der Waals surface area contributed by atoms with E-state index in [9.17, 15) is 0 Å². The van der Waals surface area contributed by atoms with E-state index in [1.165, 1.54) is 0 Å². The highest BCUT2D eigenvalue weighted by atomic mass is 16.3. The van der Waals surface area contributed by atoms with E-state index in [1.807, 2.05) is 19.1 Å². The van der Waals surface area contributed by atoms with Crippen molar-refractivity contribution in [2.24, 2.45) is 0 Å². The normalized spacial score (nSPS) is 15.1. The third kappa shape index (κ3) is 3.41. The molecular formula is C10H16N2O2. The molecule has 4 heteroatoms. The highest BCUT2D eigenvalue weighted by Crippen LogP contribution is 2.09. The van der Waals surface area contributed by atoms with E-state index in [-0.39, 0.29) is 12.6 Å².